The number of nitrogens with one attached hydrogen (secondary N) is 2. The van der Waals surface area contributed by atoms with E-state index in [1.54, 1.807) is 6.20 Å². The maximum Gasteiger partial charge on any atom is 0.230 e. The number of carbonyl (C=O) groups is 1. The number of thioether (sulfide) groups is 1. The number of hydrogen-bond donors (Lipinski definition) is 2. The molecule has 0 atom stereocenters. The minimum atomic E-state index is -0.00968. The molecular formula is C12H12ClN3OS. The lowest BCUT2D eigenvalue weighted by molar-refractivity contribution is -0.118. The van der Waals surface area contributed by atoms with Gasteiger partial charge in [0.1, 0.15) is 0 Å². The van der Waals surface area contributed by atoms with Crippen LogP contribution in [0.3, 0.4) is 0 Å². The molecule has 2 aromatic rings. The molecule has 1 aromatic carbocycles. The summed E-state index contributed by atoms with van der Waals surface area (Å²) in [5, 5.41) is 10.1. The minimum Gasteiger partial charge on any atom is -0.350 e. The molecule has 0 bridgehead atoms. The van der Waals surface area contributed by atoms with Crippen LogP contribution >= 0.6 is 23.4 Å². The summed E-state index contributed by atoms with van der Waals surface area (Å²) >= 11 is 7.26. The van der Waals surface area contributed by atoms with Crippen LogP contribution in [0.1, 0.15) is 5.69 Å². The van der Waals surface area contributed by atoms with E-state index in [9.17, 15) is 4.79 Å². The summed E-state index contributed by atoms with van der Waals surface area (Å²) in [6, 6.07) is 9.25. The Kier molecular flexibility index (Phi) is 4.66. The van der Waals surface area contributed by atoms with Crippen molar-refractivity contribution in [1.82, 2.24) is 15.5 Å². The third kappa shape index (κ3) is 4.09. The second-order valence-electron chi connectivity index (χ2n) is 3.60. The Morgan fingerprint density at radius 2 is 2.11 bits per heavy atom. The van der Waals surface area contributed by atoms with Crippen molar-refractivity contribution >= 4 is 29.3 Å². The van der Waals surface area contributed by atoms with Crippen LogP contribution in [0.4, 0.5) is 0 Å². The van der Waals surface area contributed by atoms with Gasteiger partial charge in [-0.15, -0.1) is 11.8 Å². The molecule has 2 rings (SSSR count). The Morgan fingerprint density at radius 1 is 1.33 bits per heavy atom. The molecule has 6 heteroatoms. The second kappa shape index (κ2) is 6.47. The quantitative estimate of drug-likeness (QED) is 0.828. The molecule has 0 saturated carbocycles. The van der Waals surface area contributed by atoms with Gasteiger partial charge in [0.15, 0.2) is 0 Å². The van der Waals surface area contributed by atoms with Gasteiger partial charge >= 0.3 is 0 Å². The van der Waals surface area contributed by atoms with E-state index in [-0.39, 0.29) is 5.91 Å². The zero-order valence-corrected chi connectivity index (χ0v) is 11.1. The van der Waals surface area contributed by atoms with Crippen LogP contribution in [0.5, 0.6) is 0 Å². The lowest BCUT2D eigenvalue weighted by Gasteiger charge is -2.03. The molecule has 2 N–H and O–H groups in total. The molecule has 1 heterocycles. The highest BCUT2D eigenvalue weighted by Gasteiger charge is 2.03. The number of aromatic amines is 1. The summed E-state index contributed by atoms with van der Waals surface area (Å²) in [5.74, 6) is 0.375. The summed E-state index contributed by atoms with van der Waals surface area (Å²) in [6.45, 7) is 0.472. The zero-order valence-electron chi connectivity index (χ0n) is 9.52. The molecule has 0 spiro atoms. The molecule has 0 unspecified atom stereocenters. The fourth-order valence-electron chi connectivity index (χ4n) is 1.31. The highest BCUT2D eigenvalue weighted by molar-refractivity contribution is 8.00. The molecule has 4 nitrogen and oxygen atoms in total. The fourth-order valence-corrected chi connectivity index (χ4v) is 2.16. The van der Waals surface area contributed by atoms with Crippen LogP contribution < -0.4 is 5.32 Å². The Balaban J connectivity index is 1.73. The van der Waals surface area contributed by atoms with Crippen molar-refractivity contribution in [3.8, 4) is 0 Å². The van der Waals surface area contributed by atoms with Gasteiger partial charge < -0.3 is 5.32 Å². The first kappa shape index (κ1) is 13.0. The molecule has 0 aliphatic heterocycles. The number of aromatic nitrogens is 2. The van der Waals surface area contributed by atoms with E-state index in [0.29, 0.717) is 17.3 Å². The maximum atomic E-state index is 11.6. The molecule has 0 radical (unpaired) electrons. The van der Waals surface area contributed by atoms with E-state index in [1.165, 1.54) is 11.8 Å². The van der Waals surface area contributed by atoms with Gasteiger partial charge in [-0.25, -0.2) is 0 Å². The molecule has 1 amide bonds. The zero-order chi connectivity index (χ0) is 12.8. The van der Waals surface area contributed by atoms with E-state index in [2.05, 4.69) is 15.5 Å². The number of rotatable bonds is 5. The highest BCUT2D eigenvalue weighted by Crippen LogP contribution is 2.19. The first-order valence-corrected chi connectivity index (χ1v) is 6.74. The minimum absolute atomic E-state index is 0.00968. The van der Waals surface area contributed by atoms with Crippen LogP contribution in [0.25, 0.3) is 0 Å². The smallest absolute Gasteiger partial charge is 0.230 e. The van der Waals surface area contributed by atoms with Crippen LogP contribution in [0, 0.1) is 0 Å². The number of benzene rings is 1. The first-order chi connectivity index (χ1) is 8.74. The monoisotopic (exact) mass is 281 g/mol. The molecule has 0 fully saturated rings. The number of halogens is 1. The van der Waals surface area contributed by atoms with Crippen molar-refractivity contribution < 1.29 is 4.79 Å². The molecule has 1 aromatic heterocycles. The molecule has 94 valence electrons. The van der Waals surface area contributed by atoms with Gasteiger partial charge in [-0.1, -0.05) is 11.6 Å². The Hall–Kier alpha value is -1.46. The van der Waals surface area contributed by atoms with Crippen molar-refractivity contribution in [3.05, 3.63) is 47.2 Å². The molecule has 0 aliphatic rings. The van der Waals surface area contributed by atoms with E-state index in [4.69, 9.17) is 11.6 Å². The maximum absolute atomic E-state index is 11.6. The second-order valence-corrected chi connectivity index (χ2v) is 5.09. The topological polar surface area (TPSA) is 57.8 Å². The van der Waals surface area contributed by atoms with Gasteiger partial charge in [0.2, 0.25) is 5.91 Å². The normalized spacial score (nSPS) is 10.3. The van der Waals surface area contributed by atoms with Crippen LogP contribution in [-0.2, 0) is 11.3 Å². The van der Waals surface area contributed by atoms with Gasteiger partial charge in [-0.3, -0.25) is 9.89 Å². The summed E-state index contributed by atoms with van der Waals surface area (Å²) in [7, 11) is 0. The Bertz CT molecular complexity index is 499. The molecular weight excluding hydrogens is 270 g/mol. The lowest BCUT2D eigenvalue weighted by Crippen LogP contribution is -2.24. The van der Waals surface area contributed by atoms with Crippen LogP contribution in [-0.4, -0.2) is 21.9 Å². The molecule has 18 heavy (non-hydrogen) atoms. The number of H-pyrrole nitrogens is 1. The van der Waals surface area contributed by atoms with Gasteiger partial charge in [-0.2, -0.15) is 5.10 Å². The van der Waals surface area contributed by atoms with Crippen molar-refractivity contribution in [2.75, 3.05) is 5.75 Å². The SMILES string of the molecule is O=C(CSc1ccc(Cl)cc1)NCc1ccn[nH]1. The van der Waals surface area contributed by atoms with Crippen molar-refractivity contribution in [2.24, 2.45) is 0 Å². The first-order valence-electron chi connectivity index (χ1n) is 5.37. The van der Waals surface area contributed by atoms with Crippen LogP contribution in [0.2, 0.25) is 5.02 Å². The predicted molar refractivity (Wildman–Crippen MR) is 72.6 cm³/mol. The summed E-state index contributed by atoms with van der Waals surface area (Å²) in [6.07, 6.45) is 1.66. The average molecular weight is 282 g/mol. The Morgan fingerprint density at radius 3 is 2.78 bits per heavy atom. The number of carbonyl (C=O) groups excluding carboxylic acids is 1. The summed E-state index contributed by atoms with van der Waals surface area (Å²) in [5.41, 5.74) is 0.889. The number of nitrogens with zero attached hydrogens (tertiary/aromatic N) is 1. The Labute approximate surface area is 114 Å². The third-order valence-corrected chi connectivity index (χ3v) is 3.48. The van der Waals surface area contributed by atoms with E-state index in [1.807, 2.05) is 30.3 Å². The van der Waals surface area contributed by atoms with Gasteiger partial charge in [0.25, 0.3) is 0 Å². The summed E-state index contributed by atoms with van der Waals surface area (Å²) < 4.78 is 0. The van der Waals surface area contributed by atoms with Crippen molar-refractivity contribution in [3.63, 3.8) is 0 Å². The highest BCUT2D eigenvalue weighted by atomic mass is 35.5. The predicted octanol–water partition coefficient (Wildman–Crippen LogP) is 2.47. The van der Waals surface area contributed by atoms with E-state index in [0.717, 1.165) is 10.6 Å². The van der Waals surface area contributed by atoms with Gasteiger partial charge in [0.05, 0.1) is 18.0 Å². The fraction of sp³-hybridized carbons (Fsp3) is 0.167. The number of hydrogen-bond acceptors (Lipinski definition) is 3. The van der Waals surface area contributed by atoms with Crippen LogP contribution in [0.15, 0.2) is 41.4 Å². The standard InChI is InChI=1S/C12H12ClN3OS/c13-9-1-3-11(4-2-9)18-8-12(17)14-7-10-5-6-15-16-10/h1-6H,7-8H2,(H,14,17)(H,15,16). The molecule has 0 saturated heterocycles. The number of amides is 1. The van der Waals surface area contributed by atoms with E-state index >= 15 is 0 Å². The van der Waals surface area contributed by atoms with Gasteiger partial charge in [0, 0.05) is 16.1 Å². The van der Waals surface area contributed by atoms with Crippen molar-refractivity contribution in [1.29, 1.82) is 0 Å². The van der Waals surface area contributed by atoms with Gasteiger partial charge in [-0.05, 0) is 30.3 Å². The third-order valence-electron chi connectivity index (χ3n) is 2.22. The summed E-state index contributed by atoms with van der Waals surface area (Å²) in [4.78, 5) is 12.6. The van der Waals surface area contributed by atoms with E-state index < -0.39 is 0 Å². The molecule has 0 aliphatic carbocycles. The van der Waals surface area contributed by atoms with Crippen molar-refractivity contribution in [2.45, 2.75) is 11.4 Å². The average Bonchev–Trinajstić information content (AvgIpc) is 2.89. The lowest BCUT2D eigenvalue weighted by atomic mass is 10.4. The largest absolute Gasteiger partial charge is 0.350 e.